The molecule has 1 unspecified atom stereocenters. The van der Waals surface area contributed by atoms with Gasteiger partial charge in [-0.25, -0.2) is 4.68 Å². The number of likely N-dealkylation sites (tertiary alicyclic amines) is 2. The maximum atomic E-state index is 12.7. The number of ether oxygens (including phenoxy) is 3. The molecule has 4 rings (SSSR count). The Morgan fingerprint density at radius 1 is 1.00 bits per heavy atom. The van der Waals surface area contributed by atoms with Gasteiger partial charge in [-0.1, -0.05) is 11.3 Å². The molecular weight excluding hydrogens is 410 g/mol. The van der Waals surface area contributed by atoms with Crippen molar-refractivity contribution in [3.8, 4) is 17.2 Å². The summed E-state index contributed by atoms with van der Waals surface area (Å²) >= 11 is 0. The summed E-state index contributed by atoms with van der Waals surface area (Å²) in [7, 11) is 4.89. The predicted octanol–water partition coefficient (Wildman–Crippen LogP) is 2.77. The molecule has 0 aliphatic carbocycles. The van der Waals surface area contributed by atoms with Crippen LogP contribution < -0.4 is 14.2 Å². The van der Waals surface area contributed by atoms with Gasteiger partial charge in [-0.3, -0.25) is 9.69 Å². The SMILES string of the molecule is COc1ccc(CN2CCCC(n3cc(C(=O)N4CCCCC4)nn3)C2)c(OC)c1OC. The Hall–Kier alpha value is -2.81. The van der Waals surface area contributed by atoms with Crippen LogP contribution in [0.25, 0.3) is 0 Å². The molecule has 1 amide bonds. The lowest BCUT2D eigenvalue weighted by Crippen LogP contribution is -2.36. The number of nitrogens with zero attached hydrogens (tertiary/aromatic N) is 5. The Labute approximate surface area is 189 Å². The summed E-state index contributed by atoms with van der Waals surface area (Å²) in [5.74, 6) is 1.96. The van der Waals surface area contributed by atoms with Crippen molar-refractivity contribution in [3.05, 3.63) is 29.6 Å². The van der Waals surface area contributed by atoms with Crippen molar-refractivity contribution in [2.24, 2.45) is 0 Å². The van der Waals surface area contributed by atoms with E-state index in [9.17, 15) is 4.79 Å². The van der Waals surface area contributed by atoms with Crippen LogP contribution in [-0.4, -0.2) is 78.2 Å². The van der Waals surface area contributed by atoms with Crippen molar-refractivity contribution in [1.82, 2.24) is 24.8 Å². The first-order valence-corrected chi connectivity index (χ1v) is 11.4. The minimum absolute atomic E-state index is 0.00122. The van der Waals surface area contributed by atoms with E-state index in [1.165, 1.54) is 6.42 Å². The fourth-order valence-corrected chi connectivity index (χ4v) is 4.73. The topological polar surface area (TPSA) is 82.0 Å². The average molecular weight is 444 g/mol. The van der Waals surface area contributed by atoms with Gasteiger partial charge in [-0.05, 0) is 44.7 Å². The second kappa shape index (κ2) is 10.2. The van der Waals surface area contributed by atoms with Crippen LogP contribution >= 0.6 is 0 Å². The van der Waals surface area contributed by atoms with Crippen LogP contribution in [0.3, 0.4) is 0 Å². The summed E-state index contributed by atoms with van der Waals surface area (Å²) in [5.41, 5.74) is 1.50. The standard InChI is InChI=1S/C23H33N5O4/c1-30-20-10-9-17(21(31-2)22(20)32-3)14-26-11-7-8-18(15-26)28-16-19(24-25-28)23(29)27-12-5-4-6-13-27/h9-10,16,18H,4-8,11-15H2,1-3H3. The first-order chi connectivity index (χ1) is 15.6. The fraction of sp³-hybridized carbons (Fsp3) is 0.609. The van der Waals surface area contributed by atoms with Gasteiger partial charge in [-0.2, -0.15) is 0 Å². The Kier molecular flexibility index (Phi) is 7.14. The number of hydrogen-bond donors (Lipinski definition) is 0. The third kappa shape index (κ3) is 4.67. The zero-order valence-corrected chi connectivity index (χ0v) is 19.2. The highest BCUT2D eigenvalue weighted by molar-refractivity contribution is 5.92. The van der Waals surface area contributed by atoms with Crippen LogP contribution in [0.5, 0.6) is 17.2 Å². The molecular formula is C23H33N5O4. The highest BCUT2D eigenvalue weighted by atomic mass is 16.5. The Bertz CT molecular complexity index is 925. The van der Waals surface area contributed by atoms with E-state index in [1.54, 1.807) is 21.3 Å². The second-order valence-corrected chi connectivity index (χ2v) is 8.46. The van der Waals surface area contributed by atoms with Crippen LogP contribution in [0.2, 0.25) is 0 Å². The molecule has 2 saturated heterocycles. The molecule has 1 aromatic heterocycles. The molecule has 9 nitrogen and oxygen atoms in total. The number of carbonyl (C=O) groups excluding carboxylic acids is 1. The van der Waals surface area contributed by atoms with Gasteiger partial charge in [0.05, 0.1) is 33.6 Å². The third-order valence-electron chi connectivity index (χ3n) is 6.41. The monoisotopic (exact) mass is 443 g/mol. The van der Waals surface area contributed by atoms with Crippen molar-refractivity contribution < 1.29 is 19.0 Å². The molecule has 0 radical (unpaired) electrons. The van der Waals surface area contributed by atoms with E-state index in [0.29, 0.717) is 22.9 Å². The van der Waals surface area contributed by atoms with Crippen LogP contribution in [0, 0.1) is 0 Å². The van der Waals surface area contributed by atoms with Crippen molar-refractivity contribution in [1.29, 1.82) is 0 Å². The molecule has 0 bridgehead atoms. The van der Waals surface area contributed by atoms with Crippen molar-refractivity contribution in [3.63, 3.8) is 0 Å². The lowest BCUT2D eigenvalue weighted by molar-refractivity contribution is 0.0718. The number of amides is 1. The molecule has 2 aliphatic heterocycles. The molecule has 174 valence electrons. The smallest absolute Gasteiger partial charge is 0.276 e. The van der Waals surface area contributed by atoms with E-state index in [1.807, 2.05) is 27.9 Å². The highest BCUT2D eigenvalue weighted by Gasteiger charge is 2.27. The predicted molar refractivity (Wildman–Crippen MR) is 119 cm³/mol. The molecule has 0 N–H and O–H groups in total. The van der Waals surface area contributed by atoms with E-state index in [4.69, 9.17) is 14.2 Å². The Morgan fingerprint density at radius 3 is 2.50 bits per heavy atom. The van der Waals surface area contributed by atoms with Crippen LogP contribution in [-0.2, 0) is 6.54 Å². The summed E-state index contributed by atoms with van der Waals surface area (Å²) in [6, 6.07) is 4.12. The fourth-order valence-electron chi connectivity index (χ4n) is 4.73. The van der Waals surface area contributed by atoms with Crippen LogP contribution in [0.15, 0.2) is 18.3 Å². The second-order valence-electron chi connectivity index (χ2n) is 8.46. The van der Waals surface area contributed by atoms with Crippen molar-refractivity contribution in [2.45, 2.75) is 44.7 Å². The Morgan fingerprint density at radius 2 is 1.78 bits per heavy atom. The number of rotatable bonds is 7. The van der Waals surface area contributed by atoms with Crippen LogP contribution in [0.4, 0.5) is 0 Å². The van der Waals surface area contributed by atoms with Gasteiger partial charge in [0.2, 0.25) is 5.75 Å². The van der Waals surface area contributed by atoms with Crippen molar-refractivity contribution >= 4 is 5.91 Å². The summed E-state index contributed by atoms with van der Waals surface area (Å²) in [4.78, 5) is 17.0. The maximum absolute atomic E-state index is 12.7. The van der Waals surface area contributed by atoms with E-state index in [2.05, 4.69) is 15.2 Å². The molecule has 2 fully saturated rings. The normalized spacial score (nSPS) is 19.6. The third-order valence-corrected chi connectivity index (χ3v) is 6.41. The lowest BCUT2D eigenvalue weighted by Gasteiger charge is -2.33. The van der Waals surface area contributed by atoms with Gasteiger partial charge in [0.25, 0.3) is 5.91 Å². The average Bonchev–Trinajstić information content (AvgIpc) is 3.34. The van der Waals surface area contributed by atoms with Gasteiger partial charge < -0.3 is 19.1 Å². The maximum Gasteiger partial charge on any atom is 0.276 e. The molecule has 32 heavy (non-hydrogen) atoms. The van der Waals surface area contributed by atoms with Gasteiger partial charge in [0.15, 0.2) is 17.2 Å². The molecule has 2 aromatic rings. The zero-order valence-electron chi connectivity index (χ0n) is 19.2. The molecule has 9 heteroatoms. The van der Waals surface area contributed by atoms with E-state index in [-0.39, 0.29) is 11.9 Å². The number of methoxy groups -OCH3 is 3. The minimum atomic E-state index is -0.00122. The van der Waals surface area contributed by atoms with E-state index in [0.717, 1.165) is 64.0 Å². The summed E-state index contributed by atoms with van der Waals surface area (Å²) in [6.45, 7) is 4.18. The number of benzene rings is 1. The Balaban J connectivity index is 1.44. The first kappa shape index (κ1) is 22.4. The van der Waals surface area contributed by atoms with E-state index < -0.39 is 0 Å². The quantitative estimate of drug-likeness (QED) is 0.651. The van der Waals surface area contributed by atoms with Gasteiger partial charge in [0, 0.05) is 31.7 Å². The summed E-state index contributed by atoms with van der Waals surface area (Å²) in [6.07, 6.45) is 7.21. The number of carbonyl (C=O) groups is 1. The largest absolute Gasteiger partial charge is 0.493 e. The number of aromatic nitrogens is 3. The summed E-state index contributed by atoms with van der Waals surface area (Å²) < 4.78 is 18.4. The minimum Gasteiger partial charge on any atom is -0.493 e. The van der Waals surface area contributed by atoms with E-state index >= 15 is 0 Å². The molecule has 0 saturated carbocycles. The zero-order chi connectivity index (χ0) is 22.5. The molecule has 1 atom stereocenters. The number of piperidine rings is 2. The molecule has 2 aliphatic rings. The molecule has 1 aromatic carbocycles. The number of hydrogen-bond acceptors (Lipinski definition) is 7. The molecule has 3 heterocycles. The first-order valence-electron chi connectivity index (χ1n) is 11.4. The van der Waals surface area contributed by atoms with Crippen LogP contribution in [0.1, 0.15) is 54.2 Å². The van der Waals surface area contributed by atoms with Crippen molar-refractivity contribution in [2.75, 3.05) is 47.5 Å². The summed E-state index contributed by atoms with van der Waals surface area (Å²) in [5, 5.41) is 8.51. The highest BCUT2D eigenvalue weighted by Crippen LogP contribution is 2.40. The van der Waals surface area contributed by atoms with Gasteiger partial charge in [0.1, 0.15) is 0 Å². The lowest BCUT2D eigenvalue weighted by atomic mass is 10.0. The van der Waals surface area contributed by atoms with Gasteiger partial charge >= 0.3 is 0 Å². The molecule has 0 spiro atoms. The van der Waals surface area contributed by atoms with Gasteiger partial charge in [-0.15, -0.1) is 5.10 Å².